The summed E-state index contributed by atoms with van der Waals surface area (Å²) in [5.41, 5.74) is 0.815. The molecule has 1 aliphatic carbocycles. The molecule has 0 bridgehead atoms. The number of methoxy groups -OCH3 is 1. The highest BCUT2D eigenvalue weighted by Crippen LogP contribution is 2.44. The van der Waals surface area contributed by atoms with E-state index in [4.69, 9.17) is 9.47 Å². The number of ketones is 1. The molecule has 0 spiro atoms. The van der Waals surface area contributed by atoms with E-state index in [1.54, 1.807) is 31.2 Å². The van der Waals surface area contributed by atoms with Crippen LogP contribution < -0.4 is 10.1 Å². The van der Waals surface area contributed by atoms with Gasteiger partial charge in [-0.2, -0.15) is 13.2 Å². The molecule has 0 unspecified atom stereocenters. The maximum absolute atomic E-state index is 13.9. The molecule has 178 valence electrons. The highest BCUT2D eigenvalue weighted by molar-refractivity contribution is 5.83. The number of alkyl halides is 3. The van der Waals surface area contributed by atoms with Crippen LogP contribution in [0, 0.1) is 5.92 Å². The number of nitrogens with one attached hydrogen (secondary N) is 1. The largest absolute Gasteiger partial charge is 0.495 e. The molecule has 0 aliphatic heterocycles. The standard InChI is InChI=1S/C25H28F3NO4/c1-3-33-23(31)14-16-12-20(24(32-2)21(13-16)25(26,27)28)19-7-5-4-6-18(19)15-29-11-10-22(30)17-8-9-17/h4-7,12-13,17,29H,3,8-11,14-15H2,1-2H3. The molecule has 0 atom stereocenters. The SMILES string of the molecule is CCOC(=O)Cc1cc(-c2ccccc2CNCCC(=O)C2CC2)c(OC)c(C(F)(F)F)c1. The molecule has 0 radical (unpaired) electrons. The maximum Gasteiger partial charge on any atom is 0.419 e. The van der Waals surface area contributed by atoms with E-state index >= 15 is 0 Å². The first kappa shape index (κ1) is 24.8. The molecule has 0 heterocycles. The molecule has 0 amide bonds. The Kier molecular flexibility index (Phi) is 8.13. The highest BCUT2D eigenvalue weighted by Gasteiger charge is 2.36. The summed E-state index contributed by atoms with van der Waals surface area (Å²) in [7, 11) is 1.20. The van der Waals surface area contributed by atoms with Crippen molar-refractivity contribution in [2.75, 3.05) is 20.3 Å². The lowest BCUT2D eigenvalue weighted by Crippen LogP contribution is -2.19. The van der Waals surface area contributed by atoms with Crippen LogP contribution in [0.4, 0.5) is 13.2 Å². The molecule has 1 fully saturated rings. The first-order valence-corrected chi connectivity index (χ1v) is 11.0. The summed E-state index contributed by atoms with van der Waals surface area (Å²) in [6.45, 7) is 2.66. The summed E-state index contributed by atoms with van der Waals surface area (Å²) in [4.78, 5) is 23.8. The molecule has 2 aromatic carbocycles. The number of carbonyl (C=O) groups is 2. The van der Waals surface area contributed by atoms with E-state index < -0.39 is 17.7 Å². The van der Waals surface area contributed by atoms with E-state index in [1.807, 2.05) is 6.07 Å². The molecule has 8 heteroatoms. The lowest BCUT2D eigenvalue weighted by atomic mass is 9.93. The van der Waals surface area contributed by atoms with Crippen LogP contribution in [0.2, 0.25) is 0 Å². The van der Waals surface area contributed by atoms with Crippen LogP contribution in [0.25, 0.3) is 11.1 Å². The van der Waals surface area contributed by atoms with Crippen molar-refractivity contribution < 1.29 is 32.2 Å². The molecule has 5 nitrogen and oxygen atoms in total. The van der Waals surface area contributed by atoms with Gasteiger partial charge in [0.15, 0.2) is 0 Å². The van der Waals surface area contributed by atoms with Gasteiger partial charge in [-0.25, -0.2) is 0 Å². The minimum Gasteiger partial charge on any atom is -0.495 e. The zero-order valence-electron chi connectivity index (χ0n) is 18.8. The van der Waals surface area contributed by atoms with Gasteiger partial charge < -0.3 is 14.8 Å². The van der Waals surface area contributed by atoms with Crippen molar-refractivity contribution in [3.63, 3.8) is 0 Å². The second kappa shape index (κ2) is 10.8. The zero-order chi connectivity index (χ0) is 24.0. The minimum atomic E-state index is -4.67. The number of halogens is 3. The Balaban J connectivity index is 1.93. The third kappa shape index (κ3) is 6.57. The van der Waals surface area contributed by atoms with Crippen LogP contribution >= 0.6 is 0 Å². The Morgan fingerprint density at radius 2 is 1.85 bits per heavy atom. The topological polar surface area (TPSA) is 64.6 Å². The van der Waals surface area contributed by atoms with Gasteiger partial charge in [0, 0.05) is 31.0 Å². The molecule has 1 saturated carbocycles. The predicted molar refractivity (Wildman–Crippen MR) is 118 cm³/mol. The van der Waals surface area contributed by atoms with E-state index in [9.17, 15) is 22.8 Å². The summed E-state index contributed by atoms with van der Waals surface area (Å²) >= 11 is 0. The Morgan fingerprint density at radius 3 is 2.48 bits per heavy atom. The second-order valence-electron chi connectivity index (χ2n) is 8.03. The van der Waals surface area contributed by atoms with Crippen LogP contribution in [-0.4, -0.2) is 32.0 Å². The summed E-state index contributed by atoms with van der Waals surface area (Å²) in [5.74, 6) is -0.450. The molecule has 1 aliphatic rings. The molecule has 0 aromatic heterocycles. The van der Waals surface area contributed by atoms with Crippen molar-refractivity contribution in [3.05, 3.63) is 53.1 Å². The van der Waals surface area contributed by atoms with Crippen molar-refractivity contribution >= 4 is 11.8 Å². The third-order valence-corrected chi connectivity index (χ3v) is 5.52. The average molecular weight is 463 g/mol. The third-order valence-electron chi connectivity index (χ3n) is 5.52. The van der Waals surface area contributed by atoms with Gasteiger partial charge in [0.25, 0.3) is 0 Å². The number of hydrogen-bond donors (Lipinski definition) is 1. The molecule has 2 aromatic rings. The van der Waals surface area contributed by atoms with Crippen molar-refractivity contribution in [2.24, 2.45) is 5.92 Å². The fraction of sp³-hybridized carbons (Fsp3) is 0.440. The number of hydrogen-bond acceptors (Lipinski definition) is 5. The van der Waals surface area contributed by atoms with Gasteiger partial charge in [0.2, 0.25) is 0 Å². The van der Waals surface area contributed by atoms with Crippen LogP contribution in [0.3, 0.4) is 0 Å². The second-order valence-corrected chi connectivity index (χ2v) is 8.03. The Hall–Kier alpha value is -2.87. The Bertz CT molecular complexity index is 1000. The van der Waals surface area contributed by atoms with E-state index in [0.29, 0.717) is 25.1 Å². The van der Waals surface area contributed by atoms with Gasteiger partial charge in [-0.3, -0.25) is 9.59 Å². The Labute approximate surface area is 191 Å². The van der Waals surface area contributed by atoms with Gasteiger partial charge >= 0.3 is 12.1 Å². The van der Waals surface area contributed by atoms with Crippen LogP contribution in [-0.2, 0) is 33.5 Å². The number of ether oxygens (including phenoxy) is 2. The molecular weight excluding hydrogens is 435 g/mol. The maximum atomic E-state index is 13.9. The van der Waals surface area contributed by atoms with Crippen molar-refractivity contribution in [1.29, 1.82) is 0 Å². The first-order valence-electron chi connectivity index (χ1n) is 11.0. The van der Waals surface area contributed by atoms with Crippen LogP contribution in [0.1, 0.15) is 42.9 Å². The summed E-state index contributed by atoms with van der Waals surface area (Å²) in [6, 6.07) is 9.55. The molecule has 33 heavy (non-hydrogen) atoms. The zero-order valence-corrected chi connectivity index (χ0v) is 18.8. The normalized spacial score (nSPS) is 13.6. The van der Waals surface area contributed by atoms with E-state index in [-0.39, 0.29) is 41.6 Å². The van der Waals surface area contributed by atoms with E-state index in [0.717, 1.165) is 24.5 Å². The fourth-order valence-electron chi connectivity index (χ4n) is 3.78. The monoisotopic (exact) mass is 463 g/mol. The predicted octanol–water partition coefficient (Wildman–Crippen LogP) is 4.95. The van der Waals surface area contributed by atoms with Crippen molar-refractivity contribution in [3.8, 4) is 16.9 Å². The summed E-state index contributed by atoms with van der Waals surface area (Å²) in [5, 5.41) is 3.21. The number of carbonyl (C=O) groups excluding carboxylic acids is 2. The van der Waals surface area contributed by atoms with Crippen molar-refractivity contribution in [1.82, 2.24) is 5.32 Å². The number of esters is 1. The molecule has 3 rings (SSSR count). The molecule has 1 N–H and O–H groups in total. The Morgan fingerprint density at radius 1 is 1.12 bits per heavy atom. The van der Waals surface area contributed by atoms with Crippen LogP contribution in [0.15, 0.2) is 36.4 Å². The molecule has 0 saturated heterocycles. The number of benzene rings is 2. The average Bonchev–Trinajstić information content (AvgIpc) is 3.61. The summed E-state index contributed by atoms with van der Waals surface area (Å²) < 4.78 is 51.7. The fourth-order valence-corrected chi connectivity index (χ4v) is 3.78. The minimum absolute atomic E-state index is 0.145. The van der Waals surface area contributed by atoms with Crippen LogP contribution in [0.5, 0.6) is 5.75 Å². The number of rotatable bonds is 11. The number of Topliss-reactive ketones (excluding diaryl/α,β-unsaturated/α-hetero) is 1. The lowest BCUT2D eigenvalue weighted by Gasteiger charge is -2.20. The van der Waals surface area contributed by atoms with E-state index in [2.05, 4.69) is 5.32 Å². The van der Waals surface area contributed by atoms with Gasteiger partial charge in [0.05, 0.1) is 25.7 Å². The van der Waals surface area contributed by atoms with Crippen molar-refractivity contribution in [2.45, 2.75) is 45.3 Å². The van der Waals surface area contributed by atoms with Gasteiger partial charge in [-0.15, -0.1) is 0 Å². The highest BCUT2D eigenvalue weighted by atomic mass is 19.4. The smallest absolute Gasteiger partial charge is 0.419 e. The van der Waals surface area contributed by atoms with Gasteiger partial charge in [-0.05, 0) is 48.6 Å². The van der Waals surface area contributed by atoms with Gasteiger partial charge in [-0.1, -0.05) is 24.3 Å². The lowest BCUT2D eigenvalue weighted by molar-refractivity contribution is -0.143. The quantitative estimate of drug-likeness (QED) is 0.378. The molecular formula is C25H28F3NO4. The summed E-state index contributed by atoms with van der Waals surface area (Å²) in [6.07, 6.45) is -2.58. The van der Waals surface area contributed by atoms with Gasteiger partial charge in [0.1, 0.15) is 11.5 Å². The van der Waals surface area contributed by atoms with E-state index in [1.165, 1.54) is 7.11 Å². The first-order chi connectivity index (χ1) is 15.7.